The lowest BCUT2D eigenvalue weighted by atomic mass is 9.59. The number of carboxylic acids is 1. The summed E-state index contributed by atoms with van der Waals surface area (Å²) >= 11 is 0. The van der Waals surface area contributed by atoms with Crippen molar-refractivity contribution in [1.29, 1.82) is 0 Å². The largest absolute Gasteiger partial charge is 0.508 e. The van der Waals surface area contributed by atoms with Crippen LogP contribution >= 0.6 is 0 Å². The van der Waals surface area contributed by atoms with E-state index in [4.69, 9.17) is 0 Å². The Labute approximate surface area is 135 Å². The van der Waals surface area contributed by atoms with Gasteiger partial charge in [0.25, 0.3) is 0 Å². The van der Waals surface area contributed by atoms with Gasteiger partial charge in [-0.2, -0.15) is 0 Å². The molecular formula is C19H32O3. The van der Waals surface area contributed by atoms with Gasteiger partial charge < -0.3 is 10.2 Å². The molecule has 0 radical (unpaired) electrons. The molecule has 0 saturated heterocycles. The SMILES string of the molecule is CCC1(CC)CC(C(C)(C)C)=C(O)C(C(C)(C)C)=C1C(=O)O. The van der Waals surface area contributed by atoms with Crippen molar-refractivity contribution in [3.63, 3.8) is 0 Å². The molecule has 126 valence electrons. The Bertz CT molecular complexity index is 518. The van der Waals surface area contributed by atoms with Crippen molar-refractivity contribution in [2.45, 2.75) is 74.7 Å². The van der Waals surface area contributed by atoms with Crippen LogP contribution in [0.25, 0.3) is 0 Å². The van der Waals surface area contributed by atoms with Crippen molar-refractivity contribution in [1.82, 2.24) is 0 Å². The molecule has 0 aliphatic heterocycles. The maximum atomic E-state index is 12.1. The summed E-state index contributed by atoms with van der Waals surface area (Å²) in [5.41, 5.74) is 1.01. The van der Waals surface area contributed by atoms with Gasteiger partial charge in [-0.1, -0.05) is 55.4 Å². The molecule has 0 spiro atoms. The summed E-state index contributed by atoms with van der Waals surface area (Å²) in [7, 11) is 0. The second-order valence-corrected chi connectivity index (χ2v) is 8.55. The summed E-state index contributed by atoms with van der Waals surface area (Å²) in [6.07, 6.45) is 2.14. The lowest BCUT2D eigenvalue weighted by Crippen LogP contribution is -2.37. The van der Waals surface area contributed by atoms with Crippen LogP contribution in [0.2, 0.25) is 0 Å². The first-order valence-corrected chi connectivity index (χ1v) is 8.23. The van der Waals surface area contributed by atoms with Gasteiger partial charge in [-0.05, 0) is 35.7 Å². The average Bonchev–Trinajstić information content (AvgIpc) is 2.35. The first kappa shape index (κ1) is 18.8. The van der Waals surface area contributed by atoms with Crippen LogP contribution in [0.3, 0.4) is 0 Å². The lowest BCUT2D eigenvalue weighted by Gasteiger charge is -2.44. The molecule has 1 rings (SSSR count). The number of aliphatic hydroxyl groups is 1. The van der Waals surface area contributed by atoms with E-state index >= 15 is 0 Å². The molecule has 0 fully saturated rings. The van der Waals surface area contributed by atoms with E-state index in [0.29, 0.717) is 17.6 Å². The van der Waals surface area contributed by atoms with Crippen molar-refractivity contribution in [2.24, 2.45) is 16.2 Å². The fourth-order valence-corrected chi connectivity index (χ4v) is 3.58. The molecule has 0 atom stereocenters. The van der Waals surface area contributed by atoms with Crippen LogP contribution in [0.4, 0.5) is 0 Å². The van der Waals surface area contributed by atoms with Crippen LogP contribution in [0, 0.1) is 16.2 Å². The number of rotatable bonds is 3. The minimum absolute atomic E-state index is 0.180. The third-order valence-corrected chi connectivity index (χ3v) is 5.04. The van der Waals surface area contributed by atoms with Gasteiger partial charge in [0.2, 0.25) is 0 Å². The average molecular weight is 308 g/mol. The predicted octanol–water partition coefficient (Wildman–Crippen LogP) is 5.48. The highest BCUT2D eigenvalue weighted by Gasteiger charge is 2.47. The molecule has 0 heterocycles. The minimum Gasteiger partial charge on any atom is -0.508 e. The smallest absolute Gasteiger partial charge is 0.332 e. The highest BCUT2D eigenvalue weighted by molar-refractivity contribution is 5.91. The van der Waals surface area contributed by atoms with E-state index in [1.807, 2.05) is 20.8 Å². The van der Waals surface area contributed by atoms with Gasteiger partial charge in [0, 0.05) is 11.0 Å². The van der Waals surface area contributed by atoms with Gasteiger partial charge in [-0.3, -0.25) is 0 Å². The molecule has 0 amide bonds. The summed E-state index contributed by atoms with van der Waals surface area (Å²) in [4.78, 5) is 12.1. The topological polar surface area (TPSA) is 57.5 Å². The first-order chi connectivity index (χ1) is 9.81. The molecule has 1 aliphatic rings. The van der Waals surface area contributed by atoms with Crippen molar-refractivity contribution >= 4 is 5.97 Å². The number of aliphatic carboxylic acids is 1. The van der Waals surface area contributed by atoms with Gasteiger partial charge in [0.05, 0.1) is 5.57 Å². The van der Waals surface area contributed by atoms with E-state index in [9.17, 15) is 15.0 Å². The van der Waals surface area contributed by atoms with Gasteiger partial charge in [-0.25, -0.2) is 4.79 Å². The number of aliphatic hydroxyl groups excluding tert-OH is 1. The predicted molar refractivity (Wildman–Crippen MR) is 90.9 cm³/mol. The number of hydrogen-bond donors (Lipinski definition) is 2. The molecular weight excluding hydrogens is 276 g/mol. The van der Waals surface area contributed by atoms with Crippen LogP contribution in [0.5, 0.6) is 0 Å². The highest BCUT2D eigenvalue weighted by Crippen LogP contribution is 2.54. The highest BCUT2D eigenvalue weighted by atomic mass is 16.4. The molecule has 0 unspecified atom stereocenters. The quantitative estimate of drug-likeness (QED) is 0.725. The Hall–Kier alpha value is -1.25. The Balaban J connectivity index is 3.88. The Morgan fingerprint density at radius 3 is 1.77 bits per heavy atom. The Morgan fingerprint density at radius 1 is 1.05 bits per heavy atom. The van der Waals surface area contributed by atoms with Gasteiger partial charge in [0.1, 0.15) is 5.76 Å². The zero-order valence-corrected chi connectivity index (χ0v) is 15.4. The third kappa shape index (κ3) is 3.09. The van der Waals surface area contributed by atoms with Crippen LogP contribution in [-0.2, 0) is 4.79 Å². The van der Waals surface area contributed by atoms with E-state index in [1.165, 1.54) is 0 Å². The summed E-state index contributed by atoms with van der Waals surface area (Å²) in [5, 5.41) is 20.8. The fraction of sp³-hybridized carbons (Fsp3) is 0.737. The van der Waals surface area contributed by atoms with Crippen LogP contribution in [-0.4, -0.2) is 16.2 Å². The van der Waals surface area contributed by atoms with Crippen molar-refractivity contribution in [3.8, 4) is 0 Å². The molecule has 0 aromatic heterocycles. The third-order valence-electron chi connectivity index (χ3n) is 5.04. The summed E-state index contributed by atoms with van der Waals surface area (Å²) < 4.78 is 0. The Morgan fingerprint density at radius 2 is 1.50 bits per heavy atom. The maximum absolute atomic E-state index is 12.1. The zero-order valence-electron chi connectivity index (χ0n) is 15.4. The van der Waals surface area contributed by atoms with E-state index in [1.54, 1.807) is 0 Å². The fourth-order valence-electron chi connectivity index (χ4n) is 3.58. The first-order valence-electron chi connectivity index (χ1n) is 8.23. The second kappa shape index (κ2) is 5.75. The molecule has 1 aliphatic carbocycles. The standard InChI is InChI=1S/C19H32O3/c1-9-19(10-2)11-12(17(3,4)5)15(20)13(18(6,7)8)14(19)16(21)22/h20H,9-11H2,1-8H3,(H,21,22). The van der Waals surface area contributed by atoms with E-state index in [-0.39, 0.29) is 11.2 Å². The molecule has 0 saturated carbocycles. The molecule has 3 heteroatoms. The molecule has 0 aromatic rings. The maximum Gasteiger partial charge on any atom is 0.332 e. The van der Waals surface area contributed by atoms with Crippen molar-refractivity contribution in [3.05, 3.63) is 22.5 Å². The van der Waals surface area contributed by atoms with Gasteiger partial charge >= 0.3 is 5.97 Å². The van der Waals surface area contributed by atoms with E-state index in [0.717, 1.165) is 18.4 Å². The summed E-state index contributed by atoms with van der Waals surface area (Å²) in [6, 6.07) is 0. The minimum atomic E-state index is -0.895. The van der Waals surface area contributed by atoms with E-state index < -0.39 is 16.8 Å². The number of allylic oxidation sites excluding steroid dienone is 2. The monoisotopic (exact) mass is 308 g/mol. The van der Waals surface area contributed by atoms with Crippen LogP contribution in [0.1, 0.15) is 74.7 Å². The molecule has 22 heavy (non-hydrogen) atoms. The Kier molecular flexibility index (Phi) is 4.91. The number of carbonyl (C=O) groups is 1. The number of carboxylic acid groups (broad SMARTS) is 1. The van der Waals surface area contributed by atoms with Crippen LogP contribution in [0.15, 0.2) is 22.5 Å². The molecule has 3 nitrogen and oxygen atoms in total. The molecule has 0 bridgehead atoms. The van der Waals surface area contributed by atoms with Crippen molar-refractivity contribution in [2.75, 3.05) is 0 Å². The summed E-state index contributed by atoms with van der Waals surface area (Å²) in [5.74, 6) is -0.692. The molecule has 0 aromatic carbocycles. The van der Waals surface area contributed by atoms with Crippen molar-refractivity contribution < 1.29 is 15.0 Å². The lowest BCUT2D eigenvalue weighted by molar-refractivity contribution is -0.134. The molecule has 2 N–H and O–H groups in total. The van der Waals surface area contributed by atoms with Gasteiger partial charge in [-0.15, -0.1) is 0 Å². The normalized spacial score (nSPS) is 19.6. The summed E-state index contributed by atoms with van der Waals surface area (Å²) in [6.45, 7) is 16.3. The number of hydrogen-bond acceptors (Lipinski definition) is 2. The van der Waals surface area contributed by atoms with Gasteiger partial charge in [0.15, 0.2) is 0 Å². The second-order valence-electron chi connectivity index (χ2n) is 8.55. The zero-order chi connectivity index (χ0) is 17.5. The van der Waals surface area contributed by atoms with Crippen LogP contribution < -0.4 is 0 Å². The van der Waals surface area contributed by atoms with E-state index in [2.05, 4.69) is 34.6 Å².